The minimum absolute atomic E-state index is 0.112. The standard InChI is InChI=1S/C14H15BrN2O2/c1-7-5-9(15)6-11-12(7)13-8(2)17(14(18)19)4-3-10(13)16-11/h5-8H,3-4H2,1-2H3,(H,18,19). The van der Waals surface area contributed by atoms with Crippen molar-refractivity contribution in [1.29, 1.82) is 0 Å². The molecule has 0 saturated carbocycles. The molecule has 100 valence electrons. The number of amides is 1. The van der Waals surface area contributed by atoms with E-state index in [1.807, 2.05) is 13.0 Å². The monoisotopic (exact) mass is 322 g/mol. The first-order chi connectivity index (χ1) is 8.99. The molecule has 0 spiro atoms. The van der Waals surface area contributed by atoms with Crippen LogP contribution in [0.3, 0.4) is 0 Å². The molecule has 1 N–H and O–H groups in total. The van der Waals surface area contributed by atoms with Crippen LogP contribution >= 0.6 is 15.9 Å². The molecule has 0 aromatic heterocycles. The van der Waals surface area contributed by atoms with E-state index in [0.717, 1.165) is 21.5 Å². The quantitative estimate of drug-likeness (QED) is 0.743. The van der Waals surface area contributed by atoms with Gasteiger partial charge in [0, 0.05) is 34.7 Å². The van der Waals surface area contributed by atoms with Crippen molar-refractivity contribution in [3.8, 4) is 0 Å². The van der Waals surface area contributed by atoms with E-state index in [2.05, 4.69) is 28.9 Å². The maximum atomic E-state index is 11.3. The van der Waals surface area contributed by atoms with Crippen LogP contribution in [-0.2, 0) is 0 Å². The summed E-state index contributed by atoms with van der Waals surface area (Å²) in [6.45, 7) is 4.61. The lowest BCUT2D eigenvalue weighted by Gasteiger charge is -2.34. The Balaban J connectivity index is 2.09. The van der Waals surface area contributed by atoms with Crippen molar-refractivity contribution in [3.63, 3.8) is 0 Å². The zero-order chi connectivity index (χ0) is 13.7. The van der Waals surface area contributed by atoms with Crippen molar-refractivity contribution in [3.05, 3.63) is 33.5 Å². The second-order valence-corrected chi connectivity index (χ2v) is 6.07. The Morgan fingerprint density at radius 2 is 2.21 bits per heavy atom. The molecule has 5 heteroatoms. The van der Waals surface area contributed by atoms with Crippen LogP contribution in [0.2, 0.25) is 0 Å². The molecular formula is C14H15BrN2O2. The Morgan fingerprint density at radius 1 is 1.47 bits per heavy atom. The Kier molecular flexibility index (Phi) is 2.89. The number of likely N-dealkylation sites (tertiary alicyclic amines) is 1. The molecule has 0 radical (unpaired) electrons. The van der Waals surface area contributed by atoms with Crippen molar-refractivity contribution < 1.29 is 9.90 Å². The minimum atomic E-state index is -0.850. The summed E-state index contributed by atoms with van der Waals surface area (Å²) in [6, 6.07) is -0.112. The van der Waals surface area contributed by atoms with Crippen molar-refractivity contribution in [2.75, 3.05) is 6.54 Å². The van der Waals surface area contributed by atoms with E-state index in [1.54, 1.807) is 0 Å². The largest absolute Gasteiger partial charge is 0.465 e. The van der Waals surface area contributed by atoms with E-state index < -0.39 is 6.09 Å². The van der Waals surface area contributed by atoms with Gasteiger partial charge in [0.15, 0.2) is 0 Å². The fourth-order valence-electron chi connectivity index (χ4n) is 3.14. The van der Waals surface area contributed by atoms with Gasteiger partial charge in [-0.15, -0.1) is 0 Å². The maximum Gasteiger partial charge on any atom is 0.407 e. The number of piperidine rings is 1. The van der Waals surface area contributed by atoms with Gasteiger partial charge in [-0.25, -0.2) is 4.79 Å². The highest BCUT2D eigenvalue weighted by Gasteiger charge is 2.38. The van der Waals surface area contributed by atoms with Gasteiger partial charge in [0.1, 0.15) is 0 Å². The molecule has 4 nitrogen and oxygen atoms in total. The van der Waals surface area contributed by atoms with Crippen LogP contribution in [0, 0.1) is 5.92 Å². The number of fused-ring (bicyclic) bond motifs is 2. The highest BCUT2D eigenvalue weighted by atomic mass is 79.9. The molecule has 19 heavy (non-hydrogen) atoms. The highest BCUT2D eigenvalue weighted by molar-refractivity contribution is 9.11. The first-order valence-corrected chi connectivity index (χ1v) is 7.19. The first-order valence-electron chi connectivity index (χ1n) is 6.40. The zero-order valence-corrected chi connectivity index (χ0v) is 12.4. The Bertz CT molecular complexity index is 586. The lowest BCUT2D eigenvalue weighted by molar-refractivity contribution is 0.135. The van der Waals surface area contributed by atoms with Crippen LogP contribution in [0.15, 0.2) is 38.5 Å². The second kappa shape index (κ2) is 4.34. The lowest BCUT2D eigenvalue weighted by Crippen LogP contribution is -2.45. The van der Waals surface area contributed by atoms with Crippen molar-refractivity contribution >= 4 is 27.7 Å². The lowest BCUT2D eigenvalue weighted by atomic mass is 9.85. The molecule has 0 bridgehead atoms. The number of nitrogens with zero attached hydrogens (tertiary/aromatic N) is 2. The number of aliphatic imine (C=N–C) groups is 1. The third-order valence-electron chi connectivity index (χ3n) is 3.99. The molecule has 1 fully saturated rings. The molecule has 1 aliphatic carbocycles. The number of halogens is 1. The maximum absolute atomic E-state index is 11.3. The molecule has 2 atom stereocenters. The highest BCUT2D eigenvalue weighted by Crippen LogP contribution is 2.41. The summed E-state index contributed by atoms with van der Waals surface area (Å²) in [5, 5.41) is 9.26. The van der Waals surface area contributed by atoms with Gasteiger partial charge in [0.25, 0.3) is 0 Å². The van der Waals surface area contributed by atoms with Crippen molar-refractivity contribution in [2.24, 2.45) is 10.9 Å². The van der Waals surface area contributed by atoms with Crippen LogP contribution in [0.25, 0.3) is 0 Å². The minimum Gasteiger partial charge on any atom is -0.465 e. The normalized spacial score (nSPS) is 29.4. The summed E-state index contributed by atoms with van der Waals surface area (Å²) in [6.07, 6.45) is 4.01. The van der Waals surface area contributed by atoms with Gasteiger partial charge >= 0.3 is 6.09 Å². The average molecular weight is 323 g/mol. The predicted molar refractivity (Wildman–Crippen MR) is 77.5 cm³/mol. The Morgan fingerprint density at radius 3 is 2.89 bits per heavy atom. The number of rotatable bonds is 0. The molecule has 0 aromatic rings. The van der Waals surface area contributed by atoms with E-state index >= 15 is 0 Å². The fourth-order valence-corrected chi connectivity index (χ4v) is 3.76. The summed E-state index contributed by atoms with van der Waals surface area (Å²) in [5.74, 6) is 0.266. The van der Waals surface area contributed by atoms with Crippen LogP contribution in [-0.4, -0.2) is 34.4 Å². The van der Waals surface area contributed by atoms with Gasteiger partial charge in [-0.2, -0.15) is 0 Å². The van der Waals surface area contributed by atoms with Gasteiger partial charge in [-0.3, -0.25) is 4.99 Å². The average Bonchev–Trinajstić information content (AvgIpc) is 2.67. The Labute approximate surface area is 120 Å². The predicted octanol–water partition coefficient (Wildman–Crippen LogP) is 3.32. The van der Waals surface area contributed by atoms with E-state index in [-0.39, 0.29) is 12.0 Å². The summed E-state index contributed by atoms with van der Waals surface area (Å²) >= 11 is 3.50. The van der Waals surface area contributed by atoms with Crippen LogP contribution in [0.4, 0.5) is 4.79 Å². The Hall–Kier alpha value is -1.36. The molecule has 2 heterocycles. The van der Waals surface area contributed by atoms with E-state index in [9.17, 15) is 9.90 Å². The van der Waals surface area contributed by atoms with Crippen LogP contribution in [0.5, 0.6) is 0 Å². The molecule has 1 saturated heterocycles. The summed E-state index contributed by atoms with van der Waals surface area (Å²) < 4.78 is 1.05. The van der Waals surface area contributed by atoms with E-state index in [4.69, 9.17) is 4.99 Å². The van der Waals surface area contributed by atoms with Gasteiger partial charge in [0.2, 0.25) is 0 Å². The fraction of sp³-hybridized carbons (Fsp3) is 0.429. The van der Waals surface area contributed by atoms with Gasteiger partial charge in [-0.05, 0) is 18.6 Å². The van der Waals surface area contributed by atoms with Gasteiger partial charge < -0.3 is 10.0 Å². The molecule has 1 amide bonds. The summed E-state index contributed by atoms with van der Waals surface area (Å²) in [5.41, 5.74) is 4.36. The smallest absolute Gasteiger partial charge is 0.407 e. The second-order valence-electron chi connectivity index (χ2n) is 5.16. The third kappa shape index (κ3) is 1.87. The summed E-state index contributed by atoms with van der Waals surface area (Å²) in [7, 11) is 0. The molecule has 3 aliphatic rings. The molecule has 0 aromatic carbocycles. The summed E-state index contributed by atoms with van der Waals surface area (Å²) in [4.78, 5) is 17.5. The zero-order valence-electron chi connectivity index (χ0n) is 10.9. The topological polar surface area (TPSA) is 52.9 Å². The third-order valence-corrected chi connectivity index (χ3v) is 4.49. The first kappa shape index (κ1) is 12.7. The van der Waals surface area contributed by atoms with Crippen LogP contribution in [0.1, 0.15) is 20.3 Å². The van der Waals surface area contributed by atoms with Gasteiger partial charge in [0.05, 0.1) is 11.7 Å². The molecular weight excluding hydrogens is 308 g/mol. The number of hydrogen-bond donors (Lipinski definition) is 1. The number of hydrogen-bond acceptors (Lipinski definition) is 2. The molecule has 2 aliphatic heterocycles. The number of allylic oxidation sites excluding steroid dienone is 4. The van der Waals surface area contributed by atoms with E-state index in [0.29, 0.717) is 13.0 Å². The molecule has 3 rings (SSSR count). The van der Waals surface area contributed by atoms with Gasteiger partial charge in [-0.1, -0.05) is 28.9 Å². The van der Waals surface area contributed by atoms with Crippen LogP contribution < -0.4 is 0 Å². The number of carboxylic acid groups (broad SMARTS) is 1. The molecule has 2 unspecified atom stereocenters. The number of carbonyl (C=O) groups is 1. The van der Waals surface area contributed by atoms with E-state index in [1.165, 1.54) is 10.5 Å². The SMILES string of the molecule is CC1C=C(Br)C=C2N=C3CCN(C(=O)O)C(C)C3=C21. The van der Waals surface area contributed by atoms with Crippen molar-refractivity contribution in [1.82, 2.24) is 4.90 Å². The van der Waals surface area contributed by atoms with Crippen molar-refractivity contribution in [2.45, 2.75) is 26.3 Å².